The second-order valence-electron chi connectivity index (χ2n) is 8.16. The first-order valence-corrected chi connectivity index (χ1v) is 10.2. The van der Waals surface area contributed by atoms with Crippen molar-refractivity contribution < 1.29 is 9.90 Å². The maximum Gasteiger partial charge on any atom is 0.239 e. The van der Waals surface area contributed by atoms with E-state index in [2.05, 4.69) is 10.2 Å². The number of fused-ring (bicyclic) bond motifs is 1. The molecule has 4 unspecified atom stereocenters. The molecule has 142 valence electrons. The maximum absolute atomic E-state index is 12.9. The molecule has 0 radical (unpaired) electrons. The molecule has 1 aliphatic carbocycles. The number of nitrogens with zero attached hydrogens (tertiary/aromatic N) is 2. The molecule has 5 heteroatoms. The molecule has 4 atom stereocenters. The second kappa shape index (κ2) is 8.07. The molecule has 1 aromatic rings. The van der Waals surface area contributed by atoms with Gasteiger partial charge in [0.15, 0.2) is 0 Å². The molecule has 2 heterocycles. The van der Waals surface area contributed by atoms with Gasteiger partial charge in [-0.25, -0.2) is 0 Å². The number of aliphatic hydroxyl groups excluding tert-OH is 1. The third-order valence-electron chi connectivity index (χ3n) is 6.46. The van der Waals surface area contributed by atoms with Crippen LogP contribution in [0.25, 0.3) is 0 Å². The smallest absolute Gasteiger partial charge is 0.239 e. The number of amides is 1. The standard InChI is InChI=1S/C21H31N3O2/c25-20(16-6-2-1-3-7-16)15-23-10-12-24(13-11-23)21(26)19-14-17-8-4-5-9-18(17)22-19/h1-3,6-7,17-20,22,25H,4-5,8-15H2. The van der Waals surface area contributed by atoms with Crippen LogP contribution in [-0.2, 0) is 4.79 Å². The van der Waals surface area contributed by atoms with Crippen LogP contribution in [0.15, 0.2) is 30.3 Å². The minimum Gasteiger partial charge on any atom is -0.387 e. The summed E-state index contributed by atoms with van der Waals surface area (Å²) >= 11 is 0. The molecule has 2 saturated heterocycles. The average Bonchev–Trinajstić information content (AvgIpc) is 3.13. The van der Waals surface area contributed by atoms with E-state index in [4.69, 9.17) is 0 Å². The van der Waals surface area contributed by atoms with E-state index in [9.17, 15) is 9.90 Å². The molecular weight excluding hydrogens is 326 g/mol. The van der Waals surface area contributed by atoms with Gasteiger partial charge in [-0.05, 0) is 30.7 Å². The molecule has 2 aliphatic heterocycles. The molecule has 0 bridgehead atoms. The lowest BCUT2D eigenvalue weighted by Crippen LogP contribution is -2.54. The lowest BCUT2D eigenvalue weighted by Gasteiger charge is -2.36. The van der Waals surface area contributed by atoms with Crippen molar-refractivity contribution in [1.82, 2.24) is 15.1 Å². The monoisotopic (exact) mass is 357 g/mol. The van der Waals surface area contributed by atoms with Crippen LogP contribution in [0, 0.1) is 5.92 Å². The van der Waals surface area contributed by atoms with Gasteiger partial charge < -0.3 is 15.3 Å². The fourth-order valence-corrected chi connectivity index (χ4v) is 4.91. The van der Waals surface area contributed by atoms with Crippen LogP contribution < -0.4 is 5.32 Å². The van der Waals surface area contributed by atoms with Crippen LogP contribution in [0.1, 0.15) is 43.8 Å². The van der Waals surface area contributed by atoms with Crippen LogP contribution in [0.4, 0.5) is 0 Å². The van der Waals surface area contributed by atoms with Gasteiger partial charge in [0.2, 0.25) is 5.91 Å². The Morgan fingerprint density at radius 3 is 2.58 bits per heavy atom. The van der Waals surface area contributed by atoms with Crippen molar-refractivity contribution in [1.29, 1.82) is 0 Å². The summed E-state index contributed by atoms with van der Waals surface area (Å²) in [6.07, 6.45) is 5.71. The zero-order valence-electron chi connectivity index (χ0n) is 15.5. The zero-order valence-corrected chi connectivity index (χ0v) is 15.5. The minimum absolute atomic E-state index is 0.0320. The normalized spacial score (nSPS) is 30.8. The fourth-order valence-electron chi connectivity index (χ4n) is 4.91. The average molecular weight is 357 g/mol. The summed E-state index contributed by atoms with van der Waals surface area (Å²) in [4.78, 5) is 17.2. The van der Waals surface area contributed by atoms with Gasteiger partial charge in [0.25, 0.3) is 0 Å². The summed E-state index contributed by atoms with van der Waals surface area (Å²) < 4.78 is 0. The van der Waals surface area contributed by atoms with Gasteiger partial charge in [-0.1, -0.05) is 43.2 Å². The van der Waals surface area contributed by atoms with E-state index in [1.54, 1.807) is 0 Å². The Kier molecular flexibility index (Phi) is 5.57. The molecule has 26 heavy (non-hydrogen) atoms. The first-order valence-electron chi connectivity index (χ1n) is 10.2. The molecule has 0 aromatic heterocycles. The molecule has 5 nitrogen and oxygen atoms in total. The summed E-state index contributed by atoms with van der Waals surface area (Å²) in [5.74, 6) is 1.00. The SMILES string of the molecule is O=C(C1CC2CCCCC2N1)N1CCN(CC(O)c2ccccc2)CC1. The Morgan fingerprint density at radius 1 is 1.12 bits per heavy atom. The summed E-state index contributed by atoms with van der Waals surface area (Å²) in [6.45, 7) is 3.87. The van der Waals surface area contributed by atoms with Gasteiger partial charge in [0, 0.05) is 38.8 Å². The van der Waals surface area contributed by atoms with Gasteiger partial charge in [-0.15, -0.1) is 0 Å². The Balaban J connectivity index is 1.25. The summed E-state index contributed by atoms with van der Waals surface area (Å²) in [5, 5.41) is 14.0. The number of carbonyl (C=O) groups excluding carboxylic acids is 1. The van der Waals surface area contributed by atoms with Crippen molar-refractivity contribution in [2.45, 2.75) is 50.3 Å². The Labute approximate surface area is 156 Å². The minimum atomic E-state index is -0.460. The number of aliphatic hydroxyl groups is 1. The third kappa shape index (κ3) is 3.95. The van der Waals surface area contributed by atoms with E-state index < -0.39 is 6.10 Å². The lowest BCUT2D eigenvalue weighted by molar-refractivity contribution is -0.135. The summed E-state index contributed by atoms with van der Waals surface area (Å²) in [5.41, 5.74) is 0.962. The van der Waals surface area contributed by atoms with E-state index in [1.165, 1.54) is 25.7 Å². The number of β-amino-alcohol motifs (C(OH)–C–C–N with tert-alkyl or cyclic N) is 1. The van der Waals surface area contributed by atoms with Gasteiger partial charge in [-0.3, -0.25) is 9.69 Å². The first kappa shape index (κ1) is 18.0. The zero-order chi connectivity index (χ0) is 17.9. The molecule has 1 amide bonds. The molecule has 4 rings (SSSR count). The first-order chi connectivity index (χ1) is 12.7. The molecule has 3 aliphatic rings. The highest BCUT2D eigenvalue weighted by molar-refractivity contribution is 5.82. The van der Waals surface area contributed by atoms with Crippen molar-refractivity contribution in [3.63, 3.8) is 0 Å². The number of nitrogens with one attached hydrogen (secondary N) is 1. The van der Waals surface area contributed by atoms with Gasteiger partial charge in [-0.2, -0.15) is 0 Å². The van der Waals surface area contributed by atoms with E-state index in [-0.39, 0.29) is 6.04 Å². The van der Waals surface area contributed by atoms with E-state index in [1.807, 2.05) is 35.2 Å². The number of carbonyl (C=O) groups is 1. The molecule has 2 N–H and O–H groups in total. The molecule has 1 aromatic carbocycles. The largest absolute Gasteiger partial charge is 0.387 e. The number of hydrogen-bond acceptors (Lipinski definition) is 4. The molecular formula is C21H31N3O2. The highest BCUT2D eigenvalue weighted by Gasteiger charge is 2.40. The van der Waals surface area contributed by atoms with Crippen LogP contribution in [-0.4, -0.2) is 65.6 Å². The van der Waals surface area contributed by atoms with E-state index >= 15 is 0 Å². The van der Waals surface area contributed by atoms with E-state index in [0.29, 0.717) is 24.4 Å². The predicted molar refractivity (Wildman–Crippen MR) is 102 cm³/mol. The van der Waals surface area contributed by atoms with Gasteiger partial charge in [0.1, 0.15) is 0 Å². The highest BCUT2D eigenvalue weighted by Crippen LogP contribution is 2.33. The topological polar surface area (TPSA) is 55.8 Å². The van der Waals surface area contributed by atoms with Crippen LogP contribution in [0.2, 0.25) is 0 Å². The van der Waals surface area contributed by atoms with Crippen LogP contribution in [0.3, 0.4) is 0 Å². The van der Waals surface area contributed by atoms with Crippen molar-refractivity contribution >= 4 is 5.91 Å². The molecule has 1 saturated carbocycles. The third-order valence-corrected chi connectivity index (χ3v) is 6.46. The highest BCUT2D eigenvalue weighted by atomic mass is 16.3. The van der Waals surface area contributed by atoms with Gasteiger partial charge in [0.05, 0.1) is 12.1 Å². The van der Waals surface area contributed by atoms with Gasteiger partial charge >= 0.3 is 0 Å². The molecule has 0 spiro atoms. The number of piperazine rings is 1. The number of hydrogen-bond donors (Lipinski definition) is 2. The second-order valence-corrected chi connectivity index (χ2v) is 8.16. The molecule has 3 fully saturated rings. The van der Waals surface area contributed by atoms with E-state index in [0.717, 1.165) is 38.2 Å². The van der Waals surface area contributed by atoms with Crippen LogP contribution >= 0.6 is 0 Å². The lowest BCUT2D eigenvalue weighted by atomic mass is 9.85. The quantitative estimate of drug-likeness (QED) is 0.863. The number of rotatable bonds is 4. The van der Waals surface area contributed by atoms with Crippen LogP contribution in [0.5, 0.6) is 0 Å². The Morgan fingerprint density at radius 2 is 1.85 bits per heavy atom. The predicted octanol–water partition coefficient (Wildman–Crippen LogP) is 1.78. The Bertz CT molecular complexity index is 587. The summed E-state index contributed by atoms with van der Waals surface area (Å²) in [6, 6.07) is 10.4. The maximum atomic E-state index is 12.9. The fraction of sp³-hybridized carbons (Fsp3) is 0.667. The summed E-state index contributed by atoms with van der Waals surface area (Å²) in [7, 11) is 0. The number of benzene rings is 1. The van der Waals surface area contributed by atoms with Crippen molar-refractivity contribution in [2.24, 2.45) is 5.92 Å². The van der Waals surface area contributed by atoms with Crippen molar-refractivity contribution in [3.8, 4) is 0 Å². The van der Waals surface area contributed by atoms with Crippen molar-refractivity contribution in [2.75, 3.05) is 32.7 Å². The Hall–Kier alpha value is -1.43. The van der Waals surface area contributed by atoms with Crippen molar-refractivity contribution in [3.05, 3.63) is 35.9 Å².